The Morgan fingerprint density at radius 3 is 2.33 bits per heavy atom. The van der Waals surface area contributed by atoms with Gasteiger partial charge in [-0.15, -0.1) is 0 Å². The normalized spacial score (nSPS) is 12.5. The number of pyridine rings is 1. The summed E-state index contributed by atoms with van der Waals surface area (Å²) in [4.78, 5) is 4.86. The molecule has 0 unspecified atom stereocenters. The number of allylic oxidation sites excluding steroid dienone is 2. The lowest BCUT2D eigenvalue weighted by molar-refractivity contribution is 1.18. The fraction of sp³-hybridized carbons (Fsp3) is 0.0227. The van der Waals surface area contributed by atoms with Crippen LogP contribution in [0, 0.1) is 0 Å². The van der Waals surface area contributed by atoms with Crippen LogP contribution in [0.15, 0.2) is 164 Å². The van der Waals surface area contributed by atoms with E-state index in [9.17, 15) is 0 Å². The summed E-state index contributed by atoms with van der Waals surface area (Å²) < 4.78 is 2.36. The van der Waals surface area contributed by atoms with Gasteiger partial charge in [0.25, 0.3) is 0 Å². The van der Waals surface area contributed by atoms with Crippen LogP contribution < -0.4 is 0 Å². The van der Waals surface area contributed by atoms with E-state index in [2.05, 4.69) is 151 Å². The van der Waals surface area contributed by atoms with Gasteiger partial charge >= 0.3 is 0 Å². The first-order valence-corrected chi connectivity index (χ1v) is 15.8. The van der Waals surface area contributed by atoms with Gasteiger partial charge in [-0.2, -0.15) is 0 Å². The summed E-state index contributed by atoms with van der Waals surface area (Å²) in [7, 11) is 0. The first kappa shape index (κ1) is 26.4. The van der Waals surface area contributed by atoms with E-state index < -0.39 is 0 Å². The van der Waals surface area contributed by atoms with Crippen LogP contribution in [-0.4, -0.2) is 9.55 Å². The Kier molecular flexibility index (Phi) is 6.07. The topological polar surface area (TPSA) is 17.8 Å². The molecule has 0 saturated carbocycles. The van der Waals surface area contributed by atoms with Crippen LogP contribution in [0.5, 0.6) is 0 Å². The largest absolute Gasteiger partial charge is 0.309 e. The van der Waals surface area contributed by atoms with Crippen molar-refractivity contribution in [2.75, 3.05) is 0 Å². The van der Waals surface area contributed by atoms with E-state index in [1.165, 1.54) is 66.4 Å². The van der Waals surface area contributed by atoms with Crippen molar-refractivity contribution >= 4 is 38.3 Å². The molecule has 9 rings (SSSR count). The predicted molar refractivity (Wildman–Crippen MR) is 193 cm³/mol. The summed E-state index contributed by atoms with van der Waals surface area (Å²) in [6.45, 7) is 4.07. The zero-order valence-electron chi connectivity index (χ0n) is 25.3. The van der Waals surface area contributed by atoms with Crippen LogP contribution in [-0.2, 0) is 6.42 Å². The molecule has 0 saturated heterocycles. The molecular weight excluding hydrogens is 556 g/mol. The van der Waals surface area contributed by atoms with Crippen LogP contribution in [0.2, 0.25) is 0 Å². The number of rotatable bonds is 5. The lowest BCUT2D eigenvalue weighted by Crippen LogP contribution is -1.95. The lowest BCUT2D eigenvalue weighted by Gasteiger charge is -2.14. The summed E-state index contributed by atoms with van der Waals surface area (Å²) in [5, 5.41) is 3.54. The van der Waals surface area contributed by atoms with Crippen LogP contribution >= 0.6 is 0 Å². The molecule has 0 amide bonds. The van der Waals surface area contributed by atoms with Crippen molar-refractivity contribution in [1.29, 1.82) is 0 Å². The molecule has 0 fully saturated rings. The Hall–Kier alpha value is -5.99. The Morgan fingerprint density at radius 1 is 0.674 bits per heavy atom. The predicted octanol–water partition coefficient (Wildman–Crippen LogP) is 11.2. The van der Waals surface area contributed by atoms with E-state index in [4.69, 9.17) is 4.98 Å². The zero-order valence-corrected chi connectivity index (χ0v) is 25.3. The minimum absolute atomic E-state index is 0.953. The molecule has 0 N–H and O–H groups in total. The molecule has 216 valence electrons. The summed E-state index contributed by atoms with van der Waals surface area (Å²) >= 11 is 0. The van der Waals surface area contributed by atoms with Crippen LogP contribution in [0.4, 0.5) is 0 Å². The highest BCUT2D eigenvalue weighted by Gasteiger charge is 2.22. The third-order valence-corrected chi connectivity index (χ3v) is 9.47. The first-order chi connectivity index (χ1) is 22.8. The summed E-state index contributed by atoms with van der Waals surface area (Å²) in [6.07, 6.45) is 6.90. The summed E-state index contributed by atoms with van der Waals surface area (Å²) in [6, 6.07) is 50.4. The van der Waals surface area contributed by atoms with E-state index >= 15 is 0 Å². The third-order valence-electron chi connectivity index (χ3n) is 9.47. The molecule has 0 spiro atoms. The van der Waals surface area contributed by atoms with Crippen molar-refractivity contribution in [3.8, 4) is 27.9 Å². The van der Waals surface area contributed by atoms with Crippen molar-refractivity contribution in [2.24, 2.45) is 0 Å². The smallest absolute Gasteiger partial charge is 0.0802 e. The SMILES string of the molecule is C=C/C=C(/c1ccc(-c2ccc3c(c2)c2c4ncccc4ccc2n3-c2ccccc2)cc1)c1cccc2c1Cc1ccccc1-2. The minimum Gasteiger partial charge on any atom is -0.309 e. The lowest BCUT2D eigenvalue weighted by atomic mass is 9.90. The molecule has 2 heteroatoms. The van der Waals surface area contributed by atoms with E-state index in [-0.39, 0.29) is 0 Å². The molecule has 2 heterocycles. The van der Waals surface area contributed by atoms with Crippen molar-refractivity contribution in [1.82, 2.24) is 9.55 Å². The standard InChI is InChI=1S/C44H30N2/c1-2-10-35(37-16-8-17-38-36-15-7-6-11-33(36)28-39(37)38)30-20-18-29(19-21-30)32-23-24-41-40(27-32)43-42(46(41)34-13-4-3-5-14-34)25-22-31-12-9-26-45-44(31)43/h2-27H,1,28H2/b35-10-. The second-order valence-electron chi connectivity index (χ2n) is 12.0. The maximum atomic E-state index is 4.86. The van der Waals surface area contributed by atoms with Gasteiger partial charge in [-0.25, -0.2) is 0 Å². The quantitative estimate of drug-likeness (QED) is 0.183. The minimum atomic E-state index is 0.953. The van der Waals surface area contributed by atoms with Gasteiger partial charge < -0.3 is 4.57 Å². The van der Waals surface area contributed by atoms with Gasteiger partial charge in [0.15, 0.2) is 0 Å². The highest BCUT2D eigenvalue weighted by molar-refractivity contribution is 6.20. The molecule has 2 nitrogen and oxygen atoms in total. The fourth-order valence-corrected chi connectivity index (χ4v) is 7.39. The van der Waals surface area contributed by atoms with Crippen molar-refractivity contribution in [3.63, 3.8) is 0 Å². The molecular formula is C44H30N2. The molecule has 0 bridgehead atoms. The van der Waals surface area contributed by atoms with Crippen LogP contribution in [0.3, 0.4) is 0 Å². The number of fused-ring (bicyclic) bond motifs is 8. The molecule has 8 aromatic rings. The van der Waals surface area contributed by atoms with Gasteiger partial charge in [-0.1, -0.05) is 122 Å². The molecule has 46 heavy (non-hydrogen) atoms. The number of hydrogen-bond acceptors (Lipinski definition) is 1. The van der Waals surface area contributed by atoms with Crippen molar-refractivity contribution < 1.29 is 0 Å². The maximum absolute atomic E-state index is 4.86. The first-order valence-electron chi connectivity index (χ1n) is 15.8. The Morgan fingerprint density at radius 2 is 1.46 bits per heavy atom. The number of hydrogen-bond donors (Lipinski definition) is 0. The van der Waals surface area contributed by atoms with Crippen molar-refractivity contribution in [3.05, 3.63) is 187 Å². The molecule has 2 aromatic heterocycles. The van der Waals surface area contributed by atoms with E-state index in [0.717, 1.165) is 28.5 Å². The summed E-state index contributed by atoms with van der Waals surface area (Å²) in [5.41, 5.74) is 16.0. The van der Waals surface area contributed by atoms with Gasteiger partial charge in [-0.3, -0.25) is 4.98 Å². The van der Waals surface area contributed by atoms with Crippen LogP contribution in [0.1, 0.15) is 22.3 Å². The molecule has 0 aliphatic heterocycles. The van der Waals surface area contributed by atoms with Gasteiger partial charge in [-0.05, 0) is 92.9 Å². The molecule has 1 aliphatic carbocycles. The van der Waals surface area contributed by atoms with E-state index in [0.29, 0.717) is 0 Å². The van der Waals surface area contributed by atoms with Gasteiger partial charge in [0, 0.05) is 28.0 Å². The van der Waals surface area contributed by atoms with Gasteiger partial charge in [0.1, 0.15) is 0 Å². The zero-order chi connectivity index (χ0) is 30.6. The monoisotopic (exact) mass is 586 g/mol. The second-order valence-corrected chi connectivity index (χ2v) is 12.0. The summed E-state index contributed by atoms with van der Waals surface area (Å²) in [5.74, 6) is 0. The average molecular weight is 587 g/mol. The second kappa shape index (κ2) is 10.6. The molecule has 1 aliphatic rings. The average Bonchev–Trinajstić information content (AvgIpc) is 3.67. The number of benzene rings is 6. The number of nitrogens with zero attached hydrogens (tertiary/aromatic N) is 2. The number of para-hydroxylation sites is 1. The molecule has 0 radical (unpaired) electrons. The number of aromatic nitrogens is 2. The molecule has 0 atom stereocenters. The van der Waals surface area contributed by atoms with Gasteiger partial charge in [0.05, 0.1) is 16.6 Å². The van der Waals surface area contributed by atoms with Crippen molar-refractivity contribution in [2.45, 2.75) is 6.42 Å². The van der Waals surface area contributed by atoms with E-state index in [1.807, 2.05) is 18.3 Å². The Bertz CT molecular complexity index is 2500. The van der Waals surface area contributed by atoms with Gasteiger partial charge in [0.2, 0.25) is 0 Å². The van der Waals surface area contributed by atoms with Crippen LogP contribution in [0.25, 0.3) is 66.2 Å². The maximum Gasteiger partial charge on any atom is 0.0802 e. The highest BCUT2D eigenvalue weighted by Crippen LogP contribution is 2.42. The fourth-order valence-electron chi connectivity index (χ4n) is 7.39. The Labute approximate surface area is 268 Å². The highest BCUT2D eigenvalue weighted by atomic mass is 15.0. The van der Waals surface area contributed by atoms with E-state index in [1.54, 1.807) is 0 Å². The molecule has 6 aromatic carbocycles. The Balaban J connectivity index is 1.16. The third kappa shape index (κ3) is 4.08.